The number of carbonyl (C=O) groups is 1. The van der Waals surface area contributed by atoms with Gasteiger partial charge in [0.15, 0.2) is 0 Å². The van der Waals surface area contributed by atoms with Crippen LogP contribution in [-0.2, 0) is 35.1 Å². The molecule has 1 atom stereocenters. The van der Waals surface area contributed by atoms with Crippen molar-refractivity contribution in [3.63, 3.8) is 0 Å². The van der Waals surface area contributed by atoms with Gasteiger partial charge in [-0.25, -0.2) is 9.37 Å². The molecular formula is C27H22F4N5O3S-. The zero-order valence-electron chi connectivity index (χ0n) is 20.9. The molecule has 2 N–H and O–H groups in total. The Morgan fingerprint density at radius 2 is 1.68 bits per heavy atom. The second-order valence-electron chi connectivity index (χ2n) is 8.74. The molecule has 0 fully saturated rings. The summed E-state index contributed by atoms with van der Waals surface area (Å²) in [5.74, 6) is -0.580. The number of benzene rings is 3. The van der Waals surface area contributed by atoms with E-state index in [1.54, 1.807) is 72.7 Å². The number of rotatable bonds is 10. The van der Waals surface area contributed by atoms with Crippen LogP contribution < -0.4 is 14.9 Å². The summed E-state index contributed by atoms with van der Waals surface area (Å²) in [5, 5.41) is 3.02. The van der Waals surface area contributed by atoms with Crippen molar-refractivity contribution in [2.75, 3.05) is 22.0 Å². The Hall–Kier alpha value is -4.36. The average Bonchev–Trinajstić information content (AvgIpc) is 2.88. The molecule has 0 saturated carbocycles. The molecule has 0 radical (unpaired) electrons. The summed E-state index contributed by atoms with van der Waals surface area (Å²) in [6.45, 7) is 0. The average molecular weight is 573 g/mol. The van der Waals surface area contributed by atoms with Gasteiger partial charge >= 0.3 is 6.18 Å². The third-order valence-corrected chi connectivity index (χ3v) is 6.12. The van der Waals surface area contributed by atoms with Crippen LogP contribution in [0.25, 0.3) is 0 Å². The van der Waals surface area contributed by atoms with Crippen molar-refractivity contribution in [2.24, 2.45) is 0 Å². The second-order valence-corrected chi connectivity index (χ2v) is 9.42. The Morgan fingerprint density at radius 1 is 0.975 bits per heavy atom. The summed E-state index contributed by atoms with van der Waals surface area (Å²) < 4.78 is 76.5. The van der Waals surface area contributed by atoms with Gasteiger partial charge in [0, 0.05) is 54.4 Å². The molecule has 0 saturated heterocycles. The molecule has 0 bridgehead atoms. The molecule has 0 aliphatic rings. The molecule has 13 heteroatoms. The predicted molar refractivity (Wildman–Crippen MR) is 143 cm³/mol. The van der Waals surface area contributed by atoms with Gasteiger partial charge in [-0.05, 0) is 65.7 Å². The van der Waals surface area contributed by atoms with E-state index in [-0.39, 0.29) is 30.1 Å². The fourth-order valence-corrected chi connectivity index (χ4v) is 4.21. The van der Waals surface area contributed by atoms with Crippen LogP contribution in [0.15, 0.2) is 79.0 Å². The molecule has 208 valence electrons. The minimum absolute atomic E-state index is 0.0305. The van der Waals surface area contributed by atoms with Gasteiger partial charge in [0.05, 0.1) is 5.56 Å². The van der Waals surface area contributed by atoms with Gasteiger partial charge in [0.25, 0.3) is 0 Å². The Morgan fingerprint density at radius 3 is 2.38 bits per heavy atom. The number of nitrogens with zero attached hydrogens (tertiary/aromatic N) is 3. The highest BCUT2D eigenvalue weighted by molar-refractivity contribution is 7.80. The van der Waals surface area contributed by atoms with E-state index in [1.165, 1.54) is 0 Å². The summed E-state index contributed by atoms with van der Waals surface area (Å²) in [7, 11) is 1.78. The first-order valence-electron chi connectivity index (χ1n) is 11.7. The van der Waals surface area contributed by atoms with E-state index in [9.17, 15) is 31.1 Å². The molecule has 40 heavy (non-hydrogen) atoms. The first-order valence-corrected chi connectivity index (χ1v) is 12.8. The third-order valence-electron chi connectivity index (χ3n) is 5.72. The lowest BCUT2D eigenvalue weighted by molar-refractivity contribution is -0.137. The number of hydrogen-bond donors (Lipinski definition) is 2. The molecule has 4 aromatic rings. The van der Waals surface area contributed by atoms with E-state index in [0.29, 0.717) is 28.8 Å². The molecule has 3 aromatic carbocycles. The van der Waals surface area contributed by atoms with Crippen molar-refractivity contribution in [2.45, 2.75) is 19.0 Å². The Balaban J connectivity index is 1.40. The smallest absolute Gasteiger partial charge is 0.416 e. The van der Waals surface area contributed by atoms with Crippen LogP contribution in [0.2, 0.25) is 0 Å². The number of anilines is 5. The minimum atomic E-state index is -4.70. The third kappa shape index (κ3) is 7.83. The number of hydrogen-bond acceptors (Lipinski definition) is 7. The van der Waals surface area contributed by atoms with Crippen LogP contribution in [0.4, 0.5) is 46.4 Å². The van der Waals surface area contributed by atoms with Gasteiger partial charge in [-0.2, -0.15) is 18.2 Å². The van der Waals surface area contributed by atoms with Crippen LogP contribution in [0.1, 0.15) is 16.7 Å². The second kappa shape index (κ2) is 12.2. The van der Waals surface area contributed by atoms with Gasteiger partial charge in [-0.15, -0.1) is 0 Å². The lowest BCUT2D eigenvalue weighted by Gasteiger charge is -2.19. The Bertz CT molecular complexity index is 1530. The molecule has 1 aromatic heterocycles. The molecule has 0 aliphatic heterocycles. The normalized spacial score (nSPS) is 12.1. The van der Waals surface area contributed by atoms with E-state index < -0.39 is 28.8 Å². The predicted octanol–water partition coefficient (Wildman–Crippen LogP) is 5.71. The first kappa shape index (κ1) is 28.6. The number of nitrogens with one attached hydrogen (secondary N) is 2. The van der Waals surface area contributed by atoms with E-state index >= 15 is 0 Å². The molecule has 1 unspecified atom stereocenters. The van der Waals surface area contributed by atoms with Crippen molar-refractivity contribution < 1.29 is 31.1 Å². The van der Waals surface area contributed by atoms with Crippen LogP contribution >= 0.6 is 0 Å². The van der Waals surface area contributed by atoms with Gasteiger partial charge in [0.2, 0.25) is 5.95 Å². The number of ketones is 1. The largest absolute Gasteiger partial charge is 0.755 e. The Labute approximate surface area is 229 Å². The van der Waals surface area contributed by atoms with Gasteiger partial charge in [-0.3, -0.25) is 9.00 Å². The monoisotopic (exact) mass is 572 g/mol. The maximum absolute atomic E-state index is 13.6. The molecule has 4 rings (SSSR count). The van der Waals surface area contributed by atoms with Crippen LogP contribution in [-0.4, -0.2) is 31.6 Å². The van der Waals surface area contributed by atoms with E-state index in [1.807, 2.05) is 0 Å². The summed E-state index contributed by atoms with van der Waals surface area (Å²) in [4.78, 5) is 22.9. The molecule has 0 aliphatic carbocycles. The highest BCUT2D eigenvalue weighted by Crippen LogP contribution is 2.31. The highest BCUT2D eigenvalue weighted by Gasteiger charge is 2.31. The quantitative estimate of drug-likeness (QED) is 0.185. The van der Waals surface area contributed by atoms with Gasteiger partial charge in [-0.1, -0.05) is 18.2 Å². The molecule has 0 amide bonds. The summed E-state index contributed by atoms with van der Waals surface area (Å²) in [5.41, 5.74) is 1.15. The van der Waals surface area contributed by atoms with E-state index in [0.717, 1.165) is 17.8 Å². The number of aromatic nitrogens is 2. The number of Topliss-reactive ketones (excluding diaryl/α,β-unsaturated/α-hetero) is 1. The van der Waals surface area contributed by atoms with Crippen molar-refractivity contribution in [3.05, 3.63) is 102 Å². The maximum Gasteiger partial charge on any atom is 0.416 e. The fraction of sp³-hybridized carbons (Fsp3) is 0.148. The summed E-state index contributed by atoms with van der Waals surface area (Å²) in [6, 6.07) is 17.3. The zero-order chi connectivity index (χ0) is 28.9. The maximum atomic E-state index is 13.6. The number of alkyl halides is 3. The van der Waals surface area contributed by atoms with E-state index in [4.69, 9.17) is 0 Å². The minimum Gasteiger partial charge on any atom is -0.755 e. The number of halogens is 4. The van der Waals surface area contributed by atoms with Crippen molar-refractivity contribution in [1.29, 1.82) is 0 Å². The molecular weight excluding hydrogens is 550 g/mol. The molecule has 0 spiro atoms. The highest BCUT2D eigenvalue weighted by atomic mass is 32.2. The zero-order valence-corrected chi connectivity index (χ0v) is 21.7. The first-order chi connectivity index (χ1) is 19.0. The lowest BCUT2D eigenvalue weighted by Crippen LogP contribution is -2.13. The molecule has 1 heterocycles. The summed E-state index contributed by atoms with van der Waals surface area (Å²) in [6.07, 6.45) is -3.50. The van der Waals surface area contributed by atoms with Crippen molar-refractivity contribution in [3.8, 4) is 0 Å². The van der Waals surface area contributed by atoms with Crippen LogP contribution in [0.5, 0.6) is 0 Å². The van der Waals surface area contributed by atoms with Crippen LogP contribution in [0.3, 0.4) is 0 Å². The SMILES string of the molecule is CN(c1ccc(CC(=O)Cc2cc(F)cc(C(F)(F)F)c2)cc1)c1ccnc(Nc2cccc(NS(=O)[O-])c2)n1. The van der Waals surface area contributed by atoms with Crippen LogP contribution in [0, 0.1) is 5.82 Å². The topological polar surface area (TPSA) is 110 Å². The summed E-state index contributed by atoms with van der Waals surface area (Å²) >= 11 is -2.46. The Kier molecular flexibility index (Phi) is 8.75. The standard InChI is InChI=1S/C27H23F4N5O3S/c1-36(25-9-10-32-26(34-25)33-21-3-2-4-22(16-21)35-40(38)39)23-7-5-17(6-8-23)13-24(37)14-18-11-19(27(29,30)31)15-20(28)12-18/h2-12,15-16,35H,13-14H2,1H3,(H,38,39)(H,32,33,34)/p-1. The van der Waals surface area contributed by atoms with Crippen molar-refractivity contribution >= 4 is 45.9 Å². The molecule has 8 nitrogen and oxygen atoms in total. The van der Waals surface area contributed by atoms with Crippen molar-refractivity contribution in [1.82, 2.24) is 9.97 Å². The fourth-order valence-electron chi connectivity index (χ4n) is 3.89. The van der Waals surface area contributed by atoms with Gasteiger partial charge < -0.3 is 19.5 Å². The number of carbonyl (C=O) groups excluding carboxylic acids is 1. The van der Waals surface area contributed by atoms with E-state index in [2.05, 4.69) is 20.0 Å². The van der Waals surface area contributed by atoms with Gasteiger partial charge in [0.1, 0.15) is 17.4 Å². The lowest BCUT2D eigenvalue weighted by atomic mass is 10.0.